The molecule has 9 heteroatoms. The summed E-state index contributed by atoms with van der Waals surface area (Å²) in [5, 5.41) is 12.8. The van der Waals surface area contributed by atoms with Gasteiger partial charge < -0.3 is 5.11 Å². The van der Waals surface area contributed by atoms with E-state index < -0.39 is 46.8 Å². The molecule has 4 aromatic rings. The molecular weight excluding hydrogens is 683 g/mol. The molecule has 2 aliphatic heterocycles. The highest BCUT2D eigenvalue weighted by molar-refractivity contribution is 6.33. The van der Waals surface area contributed by atoms with Gasteiger partial charge in [-0.25, -0.2) is 9.80 Å². The molecule has 3 fully saturated rings. The largest absolute Gasteiger partial charge is 0.507 e. The third kappa shape index (κ3) is 4.78. The summed E-state index contributed by atoms with van der Waals surface area (Å²) in [6.45, 7) is 5.71. The maximum absolute atomic E-state index is 15.4. The summed E-state index contributed by atoms with van der Waals surface area (Å²) >= 11 is 12.9. The standard InChI is InChI=1S/C42H34Cl2N2O5/c1-3-9-24-10-7-15-31(37(24)47)36-29-18-19-30-35(40(50)45(38(30)48)28-17-16-23(2)34(44)21-28)32(29)22-33-39(49)46(27-14-8-13-26(43)20-27)41(51)42(33,36)25-11-5-4-6-12-25/h3-8,10-18,20-21,30,32-33,35-36,47H,1,9,19,22H2,2H3/t30-,32+,33-,35-,36+,42+/m0/s1. The number of phenols is 1. The SMILES string of the molecule is C=CCc1cccc([C@H]2C3=CC[C@@H]4C(=O)N(c5ccc(C)c(Cl)c5)C(=O)[C@@H]4[C@@H]3C[C@H]3C(=O)N(c4cccc(Cl)c4)C(=O)[C@@]23c2ccccc2)c1O. The minimum Gasteiger partial charge on any atom is -0.507 e. The molecule has 4 amide bonds. The monoisotopic (exact) mass is 716 g/mol. The van der Waals surface area contributed by atoms with Crippen LogP contribution in [0.5, 0.6) is 5.75 Å². The number of carbonyl (C=O) groups excluding carboxylic acids is 4. The van der Waals surface area contributed by atoms with E-state index in [0.717, 1.165) is 11.1 Å². The van der Waals surface area contributed by atoms with Crippen molar-refractivity contribution < 1.29 is 24.3 Å². The first kappa shape index (κ1) is 33.2. The highest BCUT2D eigenvalue weighted by atomic mass is 35.5. The number of phenolic OH excluding ortho intramolecular Hbond substituents is 1. The summed E-state index contributed by atoms with van der Waals surface area (Å²) < 4.78 is 0. The third-order valence-corrected chi connectivity index (χ3v) is 12.0. The second-order valence-electron chi connectivity index (χ2n) is 13.9. The topological polar surface area (TPSA) is 95.0 Å². The number of benzene rings is 4. The van der Waals surface area contributed by atoms with Gasteiger partial charge in [0.05, 0.1) is 34.5 Å². The second-order valence-corrected chi connectivity index (χ2v) is 14.7. The molecule has 256 valence electrons. The van der Waals surface area contributed by atoms with Crippen molar-refractivity contribution in [2.24, 2.45) is 23.7 Å². The number of aryl methyl sites for hydroxylation is 1. The van der Waals surface area contributed by atoms with E-state index in [-0.39, 0.29) is 30.4 Å². The number of para-hydroxylation sites is 1. The van der Waals surface area contributed by atoms with Crippen molar-refractivity contribution >= 4 is 58.2 Å². The lowest BCUT2D eigenvalue weighted by atomic mass is 9.49. The number of carbonyl (C=O) groups is 4. The van der Waals surface area contributed by atoms with Gasteiger partial charge in [-0.3, -0.25) is 19.2 Å². The first-order valence-electron chi connectivity index (χ1n) is 17.0. The van der Waals surface area contributed by atoms with Crippen LogP contribution in [0.4, 0.5) is 11.4 Å². The van der Waals surface area contributed by atoms with Crippen molar-refractivity contribution in [1.29, 1.82) is 0 Å². The maximum Gasteiger partial charge on any atom is 0.246 e. The molecule has 0 aromatic heterocycles. The number of rotatable bonds is 6. The van der Waals surface area contributed by atoms with Crippen LogP contribution in [0.15, 0.2) is 115 Å². The number of nitrogens with zero attached hydrogens (tertiary/aromatic N) is 2. The van der Waals surface area contributed by atoms with Crippen LogP contribution in [0.3, 0.4) is 0 Å². The lowest BCUT2D eigenvalue weighted by Crippen LogP contribution is -2.53. The molecule has 4 aromatic carbocycles. The number of anilines is 2. The summed E-state index contributed by atoms with van der Waals surface area (Å²) in [6.07, 6.45) is 4.46. The van der Waals surface area contributed by atoms with Gasteiger partial charge in [0.25, 0.3) is 0 Å². The summed E-state index contributed by atoms with van der Waals surface area (Å²) in [6, 6.07) is 26.5. The number of amides is 4. The molecular formula is C42H34Cl2N2O5. The summed E-state index contributed by atoms with van der Waals surface area (Å²) in [7, 11) is 0. The molecule has 7 nitrogen and oxygen atoms in total. The van der Waals surface area contributed by atoms with Crippen LogP contribution in [-0.2, 0) is 31.0 Å². The molecule has 8 rings (SSSR count). The Bertz CT molecular complexity index is 2200. The zero-order valence-electron chi connectivity index (χ0n) is 27.8. The van der Waals surface area contributed by atoms with Crippen LogP contribution >= 0.6 is 23.2 Å². The Balaban J connectivity index is 1.37. The zero-order chi connectivity index (χ0) is 35.8. The first-order valence-corrected chi connectivity index (χ1v) is 17.8. The Labute approximate surface area is 305 Å². The van der Waals surface area contributed by atoms with E-state index in [0.29, 0.717) is 44.5 Å². The Morgan fingerprint density at radius 3 is 2.31 bits per heavy atom. The van der Waals surface area contributed by atoms with E-state index in [2.05, 4.69) is 6.58 Å². The fourth-order valence-electron chi connectivity index (χ4n) is 9.23. The minimum atomic E-state index is -1.49. The number of allylic oxidation sites excluding steroid dienone is 3. The van der Waals surface area contributed by atoms with E-state index in [4.69, 9.17) is 23.2 Å². The first-order chi connectivity index (χ1) is 24.6. The van der Waals surface area contributed by atoms with E-state index in [1.165, 1.54) is 9.80 Å². The molecule has 1 saturated carbocycles. The van der Waals surface area contributed by atoms with Crippen LogP contribution < -0.4 is 9.80 Å². The van der Waals surface area contributed by atoms with Gasteiger partial charge in [-0.2, -0.15) is 0 Å². The van der Waals surface area contributed by atoms with Crippen molar-refractivity contribution in [3.8, 4) is 5.75 Å². The number of fused-ring (bicyclic) bond motifs is 4. The van der Waals surface area contributed by atoms with Crippen LogP contribution in [0.25, 0.3) is 0 Å². The predicted octanol–water partition coefficient (Wildman–Crippen LogP) is 8.10. The summed E-state index contributed by atoms with van der Waals surface area (Å²) in [5.74, 6) is -5.33. The number of aromatic hydroxyl groups is 1. The summed E-state index contributed by atoms with van der Waals surface area (Å²) in [5.41, 5.74) is 2.56. The Kier molecular flexibility index (Phi) is 8.04. The lowest BCUT2D eigenvalue weighted by molar-refractivity contribution is -0.127. The van der Waals surface area contributed by atoms with Gasteiger partial charge in [0.2, 0.25) is 23.6 Å². The second kappa shape index (κ2) is 12.4. The fourth-order valence-corrected chi connectivity index (χ4v) is 9.59. The Morgan fingerprint density at radius 1 is 0.843 bits per heavy atom. The van der Waals surface area contributed by atoms with Gasteiger partial charge in [0.1, 0.15) is 5.75 Å². The Hall–Kier alpha value is -4.98. The number of hydrogen-bond acceptors (Lipinski definition) is 5. The van der Waals surface area contributed by atoms with Crippen molar-refractivity contribution in [1.82, 2.24) is 0 Å². The van der Waals surface area contributed by atoms with Crippen LogP contribution in [0.1, 0.15) is 41.0 Å². The Morgan fingerprint density at radius 2 is 1.59 bits per heavy atom. The van der Waals surface area contributed by atoms with Gasteiger partial charge in [-0.05, 0) is 79.1 Å². The van der Waals surface area contributed by atoms with Gasteiger partial charge >= 0.3 is 0 Å². The van der Waals surface area contributed by atoms with Crippen molar-refractivity contribution in [2.45, 2.75) is 37.5 Å². The number of hydrogen-bond donors (Lipinski definition) is 1. The molecule has 51 heavy (non-hydrogen) atoms. The molecule has 2 heterocycles. The zero-order valence-corrected chi connectivity index (χ0v) is 29.3. The number of halogens is 2. The lowest BCUT2D eigenvalue weighted by Gasteiger charge is -2.50. The van der Waals surface area contributed by atoms with Crippen LogP contribution in [-0.4, -0.2) is 28.7 Å². The molecule has 0 spiro atoms. The van der Waals surface area contributed by atoms with E-state index in [9.17, 15) is 19.5 Å². The van der Waals surface area contributed by atoms with Crippen LogP contribution in [0, 0.1) is 30.6 Å². The van der Waals surface area contributed by atoms with Crippen LogP contribution in [0.2, 0.25) is 10.0 Å². The normalized spacial score (nSPS) is 26.9. The molecule has 1 N–H and O–H groups in total. The summed E-state index contributed by atoms with van der Waals surface area (Å²) in [4.78, 5) is 61.4. The van der Waals surface area contributed by atoms with Crippen molar-refractivity contribution in [3.05, 3.63) is 148 Å². The van der Waals surface area contributed by atoms with Gasteiger partial charge in [0.15, 0.2) is 0 Å². The van der Waals surface area contributed by atoms with E-state index >= 15 is 4.79 Å². The smallest absolute Gasteiger partial charge is 0.246 e. The molecule has 2 aliphatic carbocycles. The highest BCUT2D eigenvalue weighted by Crippen LogP contribution is 2.65. The molecule has 0 radical (unpaired) electrons. The molecule has 6 atom stereocenters. The molecule has 0 unspecified atom stereocenters. The third-order valence-electron chi connectivity index (χ3n) is 11.4. The van der Waals surface area contributed by atoms with E-state index in [1.807, 2.05) is 55.5 Å². The number of imide groups is 2. The quantitative estimate of drug-likeness (QED) is 0.161. The average Bonchev–Trinajstić information content (AvgIpc) is 3.51. The predicted molar refractivity (Wildman–Crippen MR) is 197 cm³/mol. The average molecular weight is 718 g/mol. The van der Waals surface area contributed by atoms with Crippen molar-refractivity contribution in [3.63, 3.8) is 0 Å². The van der Waals surface area contributed by atoms with Gasteiger partial charge in [-0.15, -0.1) is 6.58 Å². The molecule has 2 saturated heterocycles. The fraction of sp³-hybridized carbons (Fsp3) is 0.238. The molecule has 0 bridgehead atoms. The van der Waals surface area contributed by atoms with Crippen molar-refractivity contribution in [2.75, 3.05) is 9.80 Å². The maximum atomic E-state index is 15.4. The molecule has 4 aliphatic rings. The van der Waals surface area contributed by atoms with Gasteiger partial charge in [0, 0.05) is 21.5 Å². The van der Waals surface area contributed by atoms with E-state index in [1.54, 1.807) is 54.6 Å². The van der Waals surface area contributed by atoms with Gasteiger partial charge in [-0.1, -0.05) is 102 Å². The highest BCUT2D eigenvalue weighted by Gasteiger charge is 2.70. The minimum absolute atomic E-state index is 0.00586.